The Bertz CT molecular complexity index is 796. The van der Waals surface area contributed by atoms with Crippen LogP contribution in [0.4, 0.5) is 13.2 Å². The van der Waals surface area contributed by atoms with Crippen LogP contribution in [0.3, 0.4) is 0 Å². The summed E-state index contributed by atoms with van der Waals surface area (Å²) in [7, 11) is 0. The van der Waals surface area contributed by atoms with E-state index in [4.69, 9.17) is 39.6 Å². The summed E-state index contributed by atoms with van der Waals surface area (Å²) in [6, 6.07) is 6.41. The van der Waals surface area contributed by atoms with Crippen molar-refractivity contribution in [3.8, 4) is 5.75 Å². The molecule has 0 unspecified atom stereocenters. The Labute approximate surface area is 205 Å². The van der Waals surface area contributed by atoms with E-state index >= 15 is 0 Å². The minimum absolute atomic E-state index is 0.0860. The molecule has 1 fully saturated rings. The molecule has 4 N–H and O–H groups in total. The molecule has 0 atom stereocenters. The number of halogens is 3. The topological polar surface area (TPSA) is 165 Å². The molecule has 1 aliphatic rings. The molecule has 14 heteroatoms. The zero-order valence-corrected chi connectivity index (χ0v) is 19.7. The van der Waals surface area contributed by atoms with Crippen LogP contribution < -0.4 is 4.74 Å². The van der Waals surface area contributed by atoms with Crippen molar-refractivity contribution < 1.29 is 57.5 Å². The van der Waals surface area contributed by atoms with Crippen molar-refractivity contribution in [2.24, 2.45) is 0 Å². The number of nitrogens with zero attached hydrogens (tertiary/aromatic N) is 2. The van der Waals surface area contributed by atoms with Crippen LogP contribution >= 0.6 is 0 Å². The molecule has 1 heterocycles. The van der Waals surface area contributed by atoms with Gasteiger partial charge in [-0.15, -0.1) is 13.2 Å². The molecule has 1 aliphatic heterocycles. The molecule has 1 saturated heterocycles. The van der Waals surface area contributed by atoms with Crippen LogP contribution in [0.1, 0.15) is 31.7 Å². The number of carboxylic acid groups (broad SMARTS) is 4. The molecule has 36 heavy (non-hydrogen) atoms. The molecule has 0 aliphatic carbocycles. The second-order valence-corrected chi connectivity index (χ2v) is 7.46. The second-order valence-electron chi connectivity index (χ2n) is 7.46. The van der Waals surface area contributed by atoms with E-state index in [1.165, 1.54) is 38.4 Å². The molecule has 0 amide bonds. The number of piperidine rings is 1. The number of carbonyl (C=O) groups is 4. The Hall–Kier alpha value is -3.39. The molecule has 1 aromatic rings. The number of alkyl halides is 3. The highest BCUT2D eigenvalue weighted by atomic mass is 19.4. The maximum absolute atomic E-state index is 12.5. The third-order valence-corrected chi connectivity index (χ3v) is 4.89. The first kappa shape index (κ1) is 32.6. The molecule has 0 bridgehead atoms. The molecule has 0 radical (unpaired) electrons. The number of hydrogen-bond donors (Lipinski definition) is 4. The maximum atomic E-state index is 12.5. The van der Waals surface area contributed by atoms with Crippen molar-refractivity contribution in [2.45, 2.75) is 39.0 Å². The fourth-order valence-corrected chi connectivity index (χ4v) is 3.11. The predicted molar refractivity (Wildman–Crippen MR) is 120 cm³/mol. The van der Waals surface area contributed by atoms with Gasteiger partial charge in [0.15, 0.2) is 0 Å². The lowest BCUT2D eigenvalue weighted by molar-refractivity contribution is -0.274. The molecule has 0 saturated carbocycles. The number of benzene rings is 1. The van der Waals surface area contributed by atoms with Gasteiger partial charge in [-0.25, -0.2) is 19.2 Å². The van der Waals surface area contributed by atoms with Gasteiger partial charge in [-0.3, -0.25) is 0 Å². The molecule has 11 nitrogen and oxygen atoms in total. The Morgan fingerprint density at radius 1 is 0.889 bits per heavy atom. The van der Waals surface area contributed by atoms with E-state index in [2.05, 4.69) is 21.5 Å². The Kier molecular flexibility index (Phi) is 15.5. The zero-order valence-electron chi connectivity index (χ0n) is 19.7. The first-order valence-electron chi connectivity index (χ1n) is 11.0. The molecular weight excluding hydrogens is 493 g/mol. The van der Waals surface area contributed by atoms with Crippen molar-refractivity contribution in [1.29, 1.82) is 0 Å². The fourth-order valence-electron chi connectivity index (χ4n) is 3.11. The molecule has 0 spiro atoms. The van der Waals surface area contributed by atoms with Crippen molar-refractivity contribution in [3.05, 3.63) is 29.8 Å². The lowest BCUT2D eigenvalue weighted by Crippen LogP contribution is -2.38. The van der Waals surface area contributed by atoms with Crippen LogP contribution in [-0.2, 0) is 25.6 Å². The van der Waals surface area contributed by atoms with E-state index in [0.29, 0.717) is 12.0 Å². The highest BCUT2D eigenvalue weighted by Crippen LogP contribution is 2.26. The maximum Gasteiger partial charge on any atom is 0.573 e. The lowest BCUT2D eigenvalue weighted by Gasteiger charge is -2.29. The number of likely N-dealkylation sites (tertiary alicyclic amines) is 1. The number of rotatable bonds is 8. The quantitative estimate of drug-likeness (QED) is 0.369. The van der Waals surface area contributed by atoms with Crippen molar-refractivity contribution >= 4 is 23.9 Å². The summed E-state index contributed by atoms with van der Waals surface area (Å²) < 4.78 is 41.6. The minimum Gasteiger partial charge on any atom is -0.473 e. The van der Waals surface area contributed by atoms with Gasteiger partial charge in [0.2, 0.25) is 0 Å². The third-order valence-electron chi connectivity index (χ3n) is 4.89. The van der Waals surface area contributed by atoms with Crippen molar-refractivity contribution in [3.63, 3.8) is 0 Å². The summed E-state index contributed by atoms with van der Waals surface area (Å²) in [6.07, 6.45) is -0.221. The number of ether oxygens (including phenoxy) is 1. The smallest absolute Gasteiger partial charge is 0.473 e. The van der Waals surface area contributed by atoms with Gasteiger partial charge in [0.25, 0.3) is 0 Å². The van der Waals surface area contributed by atoms with E-state index in [1.807, 2.05) is 0 Å². The number of aliphatic carboxylic acids is 4. The van der Waals surface area contributed by atoms with Gasteiger partial charge < -0.3 is 35.0 Å². The zero-order chi connectivity index (χ0) is 27.7. The molecule has 2 rings (SSSR count). The van der Waals surface area contributed by atoms with Gasteiger partial charge >= 0.3 is 30.2 Å². The average molecular weight is 524 g/mol. The van der Waals surface area contributed by atoms with E-state index in [-0.39, 0.29) is 5.75 Å². The molecule has 204 valence electrons. The average Bonchev–Trinajstić information content (AvgIpc) is 2.80. The van der Waals surface area contributed by atoms with Crippen molar-refractivity contribution in [1.82, 2.24) is 9.80 Å². The van der Waals surface area contributed by atoms with Gasteiger partial charge in [-0.1, -0.05) is 31.5 Å². The SMILES string of the molecule is CCN(CCc1ccccc1OC(F)(F)F)CCN1CCCCC1.O=C(O)C(=O)O.O=C(O)C(=O)O. The molecule has 0 aromatic heterocycles. The van der Waals surface area contributed by atoms with Gasteiger partial charge in [-0.05, 0) is 50.5 Å². The van der Waals surface area contributed by atoms with Crippen LogP contribution in [-0.4, -0.2) is 99.7 Å². The summed E-state index contributed by atoms with van der Waals surface area (Å²) in [5.74, 6) is -7.38. The van der Waals surface area contributed by atoms with Crippen LogP contribution in [0.5, 0.6) is 5.75 Å². The Morgan fingerprint density at radius 3 is 1.83 bits per heavy atom. The van der Waals surface area contributed by atoms with Crippen LogP contribution in [0, 0.1) is 0 Å². The summed E-state index contributed by atoms with van der Waals surface area (Å²) in [5, 5.41) is 29.6. The first-order valence-corrected chi connectivity index (χ1v) is 11.0. The summed E-state index contributed by atoms with van der Waals surface area (Å²) >= 11 is 0. The Balaban J connectivity index is 0.000000846. The number of hydrogen-bond acceptors (Lipinski definition) is 7. The number of likely N-dealkylation sites (N-methyl/N-ethyl adjacent to an activating group) is 1. The Morgan fingerprint density at radius 2 is 1.39 bits per heavy atom. The largest absolute Gasteiger partial charge is 0.573 e. The van der Waals surface area contributed by atoms with E-state index in [1.54, 1.807) is 18.2 Å². The van der Waals surface area contributed by atoms with Crippen LogP contribution in [0.2, 0.25) is 0 Å². The highest BCUT2D eigenvalue weighted by molar-refractivity contribution is 6.27. The summed E-state index contributed by atoms with van der Waals surface area (Å²) in [4.78, 5) is 41.2. The third kappa shape index (κ3) is 16.3. The van der Waals surface area contributed by atoms with Gasteiger partial charge in [0, 0.05) is 19.6 Å². The van der Waals surface area contributed by atoms with Gasteiger partial charge in [0.05, 0.1) is 0 Å². The minimum atomic E-state index is -4.64. The molecule has 1 aromatic carbocycles. The fraction of sp³-hybridized carbons (Fsp3) is 0.545. The van der Waals surface area contributed by atoms with Gasteiger partial charge in [0.1, 0.15) is 5.75 Å². The lowest BCUT2D eigenvalue weighted by atomic mass is 10.1. The standard InChI is InChI=1S/C18H27F3N2O.2C2H2O4/c1-2-22(14-15-23-11-6-3-7-12-23)13-10-16-8-4-5-9-17(16)24-18(19,20)21;2*3-1(4)2(5)6/h4-5,8-9H,2-3,6-7,10-15H2,1H3;2*(H,3,4)(H,5,6). The number of carboxylic acids is 4. The van der Waals surface area contributed by atoms with Crippen molar-refractivity contribution in [2.75, 3.05) is 39.3 Å². The highest BCUT2D eigenvalue weighted by Gasteiger charge is 2.31. The predicted octanol–water partition coefficient (Wildman–Crippen LogP) is 2.25. The summed E-state index contributed by atoms with van der Waals surface area (Å²) in [6.45, 7) is 8.06. The monoisotopic (exact) mass is 524 g/mol. The molecular formula is C22H31F3N2O9. The summed E-state index contributed by atoms with van der Waals surface area (Å²) in [5.41, 5.74) is 0.603. The normalized spacial score (nSPS) is 13.5. The van der Waals surface area contributed by atoms with Gasteiger partial charge in [-0.2, -0.15) is 0 Å². The van der Waals surface area contributed by atoms with Crippen LogP contribution in [0.15, 0.2) is 24.3 Å². The first-order chi connectivity index (χ1) is 16.8. The second kappa shape index (κ2) is 17.1. The van der Waals surface area contributed by atoms with E-state index in [9.17, 15) is 13.2 Å². The van der Waals surface area contributed by atoms with E-state index in [0.717, 1.165) is 26.2 Å². The van der Waals surface area contributed by atoms with E-state index < -0.39 is 30.2 Å². The number of para-hydroxylation sites is 1. The van der Waals surface area contributed by atoms with Crippen LogP contribution in [0.25, 0.3) is 0 Å².